The van der Waals surface area contributed by atoms with E-state index in [9.17, 15) is 9.59 Å². The number of nitrogens with two attached hydrogens (primary N) is 1. The Bertz CT molecular complexity index is 472. The molecule has 22 heavy (non-hydrogen) atoms. The second-order valence-corrected chi connectivity index (χ2v) is 6.15. The maximum Gasteiger partial charge on any atom is 0.237 e. The molecule has 0 aliphatic heterocycles. The van der Waals surface area contributed by atoms with Crippen molar-refractivity contribution in [2.24, 2.45) is 11.1 Å². The fraction of sp³-hybridized carbons (Fsp3) is 0.500. The van der Waals surface area contributed by atoms with E-state index in [1.807, 2.05) is 51.1 Å². The zero-order valence-electron chi connectivity index (χ0n) is 13.4. The van der Waals surface area contributed by atoms with Crippen LogP contribution >= 0.6 is 12.4 Å². The molecule has 1 atom stereocenters. The highest BCUT2D eigenvalue weighted by Gasteiger charge is 2.27. The topological polar surface area (TPSA) is 84.2 Å². The largest absolute Gasteiger partial charge is 0.354 e. The second kappa shape index (κ2) is 9.43. The predicted octanol–water partition coefficient (Wildman–Crippen LogP) is 1.60. The van der Waals surface area contributed by atoms with Gasteiger partial charge in [0, 0.05) is 19.5 Å². The van der Waals surface area contributed by atoms with Crippen LogP contribution < -0.4 is 16.4 Å². The maximum atomic E-state index is 11.8. The van der Waals surface area contributed by atoms with Crippen molar-refractivity contribution >= 4 is 24.2 Å². The smallest absolute Gasteiger partial charge is 0.237 e. The number of carbonyl (C=O) groups excluding carboxylic acids is 2. The summed E-state index contributed by atoms with van der Waals surface area (Å²) >= 11 is 0. The molecule has 0 aliphatic rings. The van der Waals surface area contributed by atoms with E-state index in [-0.39, 0.29) is 36.1 Å². The van der Waals surface area contributed by atoms with Crippen LogP contribution in [0.4, 0.5) is 0 Å². The normalized spacial score (nSPS) is 12.0. The number of amides is 2. The summed E-state index contributed by atoms with van der Waals surface area (Å²) in [6.45, 7) is 6.51. The third-order valence-corrected chi connectivity index (χ3v) is 3.20. The lowest BCUT2D eigenvalue weighted by molar-refractivity contribution is -0.124. The summed E-state index contributed by atoms with van der Waals surface area (Å²) in [5, 5.41) is 5.50. The van der Waals surface area contributed by atoms with E-state index >= 15 is 0 Å². The zero-order chi connectivity index (χ0) is 15.9. The molecule has 0 heterocycles. The SMILES string of the molecule is CC(C)(C)[C@H](N)C(=O)NCCC(=O)NCc1ccccc1.Cl. The minimum atomic E-state index is -0.579. The van der Waals surface area contributed by atoms with Crippen LogP contribution in [0, 0.1) is 5.41 Å². The van der Waals surface area contributed by atoms with Crippen molar-refractivity contribution in [3.05, 3.63) is 35.9 Å². The Hall–Kier alpha value is -1.59. The van der Waals surface area contributed by atoms with Gasteiger partial charge in [0.2, 0.25) is 11.8 Å². The van der Waals surface area contributed by atoms with Gasteiger partial charge in [-0.25, -0.2) is 0 Å². The Balaban J connectivity index is 0.00000441. The first-order valence-electron chi connectivity index (χ1n) is 7.14. The molecule has 5 nitrogen and oxygen atoms in total. The van der Waals surface area contributed by atoms with E-state index in [0.29, 0.717) is 13.1 Å². The van der Waals surface area contributed by atoms with Gasteiger partial charge in [0.25, 0.3) is 0 Å². The molecule has 0 saturated heterocycles. The Kier molecular flexibility index (Phi) is 8.75. The summed E-state index contributed by atoms with van der Waals surface area (Å²) in [6.07, 6.45) is 0.245. The van der Waals surface area contributed by atoms with Gasteiger partial charge in [-0.15, -0.1) is 12.4 Å². The number of hydrogen-bond donors (Lipinski definition) is 3. The van der Waals surface area contributed by atoms with Gasteiger partial charge in [-0.3, -0.25) is 9.59 Å². The van der Waals surface area contributed by atoms with Crippen molar-refractivity contribution in [1.29, 1.82) is 0 Å². The van der Waals surface area contributed by atoms with Crippen molar-refractivity contribution in [1.82, 2.24) is 10.6 Å². The van der Waals surface area contributed by atoms with Crippen LogP contribution in [0.2, 0.25) is 0 Å². The molecule has 0 radical (unpaired) electrons. The van der Waals surface area contributed by atoms with E-state index in [1.54, 1.807) is 0 Å². The van der Waals surface area contributed by atoms with Crippen LogP contribution in [0.15, 0.2) is 30.3 Å². The highest BCUT2D eigenvalue weighted by molar-refractivity contribution is 5.85. The zero-order valence-corrected chi connectivity index (χ0v) is 14.2. The van der Waals surface area contributed by atoms with Crippen LogP contribution in [-0.4, -0.2) is 24.4 Å². The Morgan fingerprint density at radius 2 is 1.73 bits per heavy atom. The average Bonchev–Trinajstić information content (AvgIpc) is 2.44. The van der Waals surface area contributed by atoms with Gasteiger partial charge < -0.3 is 16.4 Å². The predicted molar refractivity (Wildman–Crippen MR) is 90.6 cm³/mol. The summed E-state index contributed by atoms with van der Waals surface area (Å²) in [5.41, 5.74) is 6.59. The molecule has 1 aromatic carbocycles. The molecule has 124 valence electrons. The van der Waals surface area contributed by atoms with Crippen LogP contribution in [0.1, 0.15) is 32.8 Å². The lowest BCUT2D eigenvalue weighted by Crippen LogP contribution is -2.49. The van der Waals surface area contributed by atoms with Gasteiger partial charge in [0.1, 0.15) is 0 Å². The third-order valence-electron chi connectivity index (χ3n) is 3.20. The monoisotopic (exact) mass is 327 g/mol. The van der Waals surface area contributed by atoms with Crippen molar-refractivity contribution in [2.75, 3.05) is 6.54 Å². The van der Waals surface area contributed by atoms with Crippen LogP contribution in [0.25, 0.3) is 0 Å². The minimum absolute atomic E-state index is 0. The van der Waals surface area contributed by atoms with E-state index < -0.39 is 6.04 Å². The molecule has 0 spiro atoms. The van der Waals surface area contributed by atoms with Gasteiger partial charge in [-0.2, -0.15) is 0 Å². The molecule has 2 amide bonds. The first-order valence-corrected chi connectivity index (χ1v) is 7.14. The highest BCUT2D eigenvalue weighted by Crippen LogP contribution is 2.16. The molecule has 6 heteroatoms. The van der Waals surface area contributed by atoms with Crippen LogP contribution in [-0.2, 0) is 16.1 Å². The maximum absolute atomic E-state index is 11.8. The third kappa shape index (κ3) is 7.43. The molecule has 0 unspecified atom stereocenters. The van der Waals surface area contributed by atoms with E-state index in [4.69, 9.17) is 5.73 Å². The van der Waals surface area contributed by atoms with Crippen molar-refractivity contribution < 1.29 is 9.59 Å². The molecule has 0 fully saturated rings. The molecular formula is C16H26ClN3O2. The molecule has 1 rings (SSSR count). The number of benzene rings is 1. The second-order valence-electron chi connectivity index (χ2n) is 6.15. The average molecular weight is 328 g/mol. The number of nitrogens with one attached hydrogen (secondary N) is 2. The summed E-state index contributed by atoms with van der Waals surface area (Å²) in [5.74, 6) is -0.318. The molecule has 0 aliphatic carbocycles. The summed E-state index contributed by atoms with van der Waals surface area (Å²) in [7, 11) is 0. The van der Waals surface area contributed by atoms with Gasteiger partial charge in [0.15, 0.2) is 0 Å². The lowest BCUT2D eigenvalue weighted by atomic mass is 9.87. The van der Waals surface area contributed by atoms with Gasteiger partial charge in [-0.05, 0) is 11.0 Å². The molecule has 4 N–H and O–H groups in total. The summed E-state index contributed by atoms with van der Waals surface area (Å²) in [4.78, 5) is 23.5. The first-order chi connectivity index (χ1) is 9.80. The Labute approximate surface area is 138 Å². The molecular weight excluding hydrogens is 302 g/mol. The van der Waals surface area contributed by atoms with Gasteiger partial charge >= 0.3 is 0 Å². The molecule has 0 saturated carbocycles. The summed E-state index contributed by atoms with van der Waals surface area (Å²) < 4.78 is 0. The highest BCUT2D eigenvalue weighted by atomic mass is 35.5. The Morgan fingerprint density at radius 3 is 2.27 bits per heavy atom. The van der Waals surface area contributed by atoms with Gasteiger partial charge in [-0.1, -0.05) is 51.1 Å². The Morgan fingerprint density at radius 1 is 1.14 bits per heavy atom. The van der Waals surface area contributed by atoms with Crippen molar-refractivity contribution in [3.8, 4) is 0 Å². The molecule has 0 aromatic heterocycles. The number of carbonyl (C=O) groups is 2. The number of rotatable bonds is 6. The summed E-state index contributed by atoms with van der Waals surface area (Å²) in [6, 6.07) is 9.10. The molecule has 0 bridgehead atoms. The molecule has 1 aromatic rings. The van der Waals surface area contributed by atoms with Crippen molar-refractivity contribution in [2.45, 2.75) is 39.8 Å². The van der Waals surface area contributed by atoms with Crippen LogP contribution in [0.3, 0.4) is 0 Å². The number of halogens is 1. The van der Waals surface area contributed by atoms with Gasteiger partial charge in [0.05, 0.1) is 6.04 Å². The lowest BCUT2D eigenvalue weighted by Gasteiger charge is -2.25. The standard InChI is InChI=1S/C16H25N3O2.ClH/c1-16(2,3)14(17)15(21)18-10-9-13(20)19-11-12-7-5-4-6-8-12;/h4-8,14H,9-11,17H2,1-3H3,(H,18,21)(H,19,20);1H/t14-;/m1./s1. The van der Waals surface area contributed by atoms with E-state index in [0.717, 1.165) is 5.56 Å². The van der Waals surface area contributed by atoms with E-state index in [2.05, 4.69) is 10.6 Å². The van der Waals surface area contributed by atoms with E-state index in [1.165, 1.54) is 0 Å². The fourth-order valence-corrected chi connectivity index (χ4v) is 1.69. The number of hydrogen-bond acceptors (Lipinski definition) is 3. The quantitative estimate of drug-likeness (QED) is 0.742. The fourth-order valence-electron chi connectivity index (χ4n) is 1.69. The first kappa shape index (κ1) is 20.4. The van der Waals surface area contributed by atoms with Crippen molar-refractivity contribution in [3.63, 3.8) is 0 Å². The minimum Gasteiger partial charge on any atom is -0.354 e. The van der Waals surface area contributed by atoms with Crippen LogP contribution in [0.5, 0.6) is 0 Å².